The highest BCUT2D eigenvalue weighted by Crippen LogP contribution is 2.14. The van der Waals surface area contributed by atoms with Gasteiger partial charge in [-0.2, -0.15) is 0 Å². The van der Waals surface area contributed by atoms with Gasteiger partial charge in [-0.3, -0.25) is 9.59 Å². The Kier molecular flexibility index (Phi) is 5.40. The second-order valence-corrected chi connectivity index (χ2v) is 4.74. The van der Waals surface area contributed by atoms with E-state index in [9.17, 15) is 9.59 Å². The molecule has 1 unspecified atom stereocenters. The van der Waals surface area contributed by atoms with Crippen LogP contribution in [0.5, 0.6) is 0 Å². The van der Waals surface area contributed by atoms with Crippen LogP contribution >= 0.6 is 23.2 Å². The number of hydrogen-bond acceptors (Lipinski definition) is 3. The first-order valence-corrected chi connectivity index (χ1v) is 5.94. The zero-order chi connectivity index (χ0) is 13.7. The minimum atomic E-state index is -1.16. The van der Waals surface area contributed by atoms with Gasteiger partial charge < -0.3 is 16.2 Å². The van der Waals surface area contributed by atoms with Crippen molar-refractivity contribution in [2.75, 3.05) is 5.32 Å². The fraction of sp³-hybridized carbons (Fsp3) is 0.273. The molecule has 0 aliphatic rings. The number of carbonyl (C=O) groups excluding carboxylic acids is 1. The second-order valence-electron chi connectivity index (χ2n) is 3.64. The Morgan fingerprint density at radius 2 is 2.06 bits per heavy atom. The van der Waals surface area contributed by atoms with Crippen molar-refractivity contribution in [2.24, 2.45) is 5.73 Å². The molecule has 0 aliphatic heterocycles. The van der Waals surface area contributed by atoms with E-state index in [-0.39, 0.29) is 6.42 Å². The van der Waals surface area contributed by atoms with Crippen molar-refractivity contribution in [3.8, 4) is 0 Å². The van der Waals surface area contributed by atoms with Crippen molar-refractivity contribution in [2.45, 2.75) is 17.3 Å². The van der Waals surface area contributed by atoms with E-state index in [0.717, 1.165) is 0 Å². The van der Waals surface area contributed by atoms with Crippen LogP contribution in [0.25, 0.3) is 0 Å². The third kappa shape index (κ3) is 4.52. The molecule has 98 valence electrons. The van der Waals surface area contributed by atoms with Gasteiger partial charge in [-0.05, 0) is 24.1 Å². The summed E-state index contributed by atoms with van der Waals surface area (Å²) in [6, 6.07) is 5.68. The lowest BCUT2D eigenvalue weighted by Gasteiger charge is -2.09. The number of aliphatic carboxylic acids is 1. The lowest BCUT2D eigenvalue weighted by Crippen LogP contribution is -2.32. The molecule has 4 N–H and O–H groups in total. The number of hydrogen-bond donors (Lipinski definition) is 3. The van der Waals surface area contributed by atoms with E-state index in [4.69, 9.17) is 34.0 Å². The molecule has 0 bridgehead atoms. The molecule has 0 saturated heterocycles. The van der Waals surface area contributed by atoms with Crippen LogP contribution in [0.15, 0.2) is 24.3 Å². The van der Waals surface area contributed by atoms with Crippen LogP contribution in [0.1, 0.15) is 5.56 Å². The molecule has 1 aromatic rings. The average molecular weight is 291 g/mol. The average Bonchev–Trinajstić information content (AvgIpc) is 2.29. The highest BCUT2D eigenvalue weighted by Gasteiger charge is 2.14. The van der Waals surface area contributed by atoms with Crippen molar-refractivity contribution in [3.63, 3.8) is 0 Å². The van der Waals surface area contributed by atoms with Crippen LogP contribution in [0.3, 0.4) is 0 Å². The van der Waals surface area contributed by atoms with Crippen molar-refractivity contribution < 1.29 is 14.7 Å². The van der Waals surface area contributed by atoms with Gasteiger partial charge in [0.2, 0.25) is 0 Å². The quantitative estimate of drug-likeness (QED) is 0.715. The number of carboxylic acid groups (broad SMARTS) is 1. The topological polar surface area (TPSA) is 92.4 Å². The third-order valence-electron chi connectivity index (χ3n) is 2.17. The van der Waals surface area contributed by atoms with Gasteiger partial charge >= 0.3 is 5.97 Å². The van der Waals surface area contributed by atoms with E-state index in [2.05, 4.69) is 5.32 Å². The van der Waals surface area contributed by atoms with Crippen molar-refractivity contribution >= 4 is 40.8 Å². The van der Waals surface area contributed by atoms with Crippen LogP contribution < -0.4 is 11.1 Å². The number of carbonyl (C=O) groups is 2. The third-order valence-corrected chi connectivity index (χ3v) is 2.56. The minimum absolute atomic E-state index is 0.171. The van der Waals surface area contributed by atoms with Gasteiger partial charge in [0.25, 0.3) is 5.91 Å². The Morgan fingerprint density at radius 1 is 1.39 bits per heavy atom. The van der Waals surface area contributed by atoms with E-state index in [1.165, 1.54) is 0 Å². The molecular formula is C11H12Cl2N2O3. The Hall–Kier alpha value is -1.30. The van der Waals surface area contributed by atoms with Crippen LogP contribution in [-0.4, -0.2) is 27.9 Å². The Morgan fingerprint density at radius 3 is 2.61 bits per heavy atom. The van der Waals surface area contributed by atoms with E-state index < -0.39 is 22.8 Å². The van der Waals surface area contributed by atoms with Crippen LogP contribution in [0, 0.1) is 0 Å². The Balaban J connectivity index is 2.73. The monoisotopic (exact) mass is 290 g/mol. The molecule has 0 aliphatic carbocycles. The molecule has 1 aromatic carbocycles. The summed E-state index contributed by atoms with van der Waals surface area (Å²) in [5.41, 5.74) is 6.60. The summed E-state index contributed by atoms with van der Waals surface area (Å²) < 4.78 is 0. The molecular weight excluding hydrogens is 279 g/mol. The van der Waals surface area contributed by atoms with Crippen molar-refractivity contribution in [3.05, 3.63) is 29.8 Å². The first kappa shape index (κ1) is 14.8. The minimum Gasteiger partial charge on any atom is -0.480 e. The maximum atomic E-state index is 11.3. The number of nitrogens with two attached hydrogens (primary N) is 1. The zero-order valence-electron chi connectivity index (χ0n) is 9.27. The van der Waals surface area contributed by atoms with Crippen molar-refractivity contribution in [1.29, 1.82) is 0 Å². The number of carboxylic acids is 1. The summed E-state index contributed by atoms with van der Waals surface area (Å²) in [6.07, 6.45) is 0.171. The predicted molar refractivity (Wildman–Crippen MR) is 69.9 cm³/mol. The molecule has 1 rings (SSSR count). The van der Waals surface area contributed by atoms with Gasteiger partial charge in [-0.15, -0.1) is 0 Å². The largest absolute Gasteiger partial charge is 0.480 e. The summed E-state index contributed by atoms with van der Waals surface area (Å²) in [5, 5.41) is 11.2. The van der Waals surface area contributed by atoms with Gasteiger partial charge in [-0.25, -0.2) is 0 Å². The summed E-state index contributed by atoms with van der Waals surface area (Å²) in [5.74, 6) is -1.62. The van der Waals surface area contributed by atoms with Crippen LogP contribution in [0.2, 0.25) is 0 Å². The fourth-order valence-electron chi connectivity index (χ4n) is 1.31. The van der Waals surface area contributed by atoms with E-state index in [1.54, 1.807) is 24.3 Å². The Labute approximate surface area is 114 Å². The summed E-state index contributed by atoms with van der Waals surface area (Å²) >= 11 is 10.8. The molecule has 7 heteroatoms. The predicted octanol–water partition coefficient (Wildman–Crippen LogP) is 1.38. The van der Waals surface area contributed by atoms with Crippen LogP contribution in [-0.2, 0) is 16.0 Å². The molecule has 18 heavy (non-hydrogen) atoms. The lowest BCUT2D eigenvalue weighted by atomic mass is 10.1. The number of anilines is 1. The number of alkyl halides is 2. The molecule has 0 saturated carbocycles. The maximum absolute atomic E-state index is 11.3. The molecule has 1 atom stereocenters. The molecule has 0 spiro atoms. The first-order valence-electron chi connectivity index (χ1n) is 5.06. The standard InChI is InChI=1S/C11H12Cl2N2O3/c12-9(13)10(16)15-7-3-1-2-6(4-7)5-8(14)11(17)18/h1-4,8-9H,5,14H2,(H,15,16)(H,17,18). The summed E-state index contributed by atoms with van der Waals surface area (Å²) in [7, 11) is 0. The number of nitrogens with one attached hydrogen (secondary N) is 1. The van der Waals surface area contributed by atoms with Crippen LogP contribution in [0.4, 0.5) is 5.69 Å². The number of rotatable bonds is 5. The number of amides is 1. The molecule has 0 aromatic heterocycles. The number of halogens is 2. The highest BCUT2D eigenvalue weighted by molar-refractivity contribution is 6.54. The van der Waals surface area contributed by atoms with Gasteiger partial charge in [0.1, 0.15) is 6.04 Å². The van der Waals surface area contributed by atoms with Gasteiger partial charge in [0.15, 0.2) is 4.84 Å². The van der Waals surface area contributed by atoms with E-state index in [0.29, 0.717) is 11.3 Å². The summed E-state index contributed by atoms with van der Waals surface area (Å²) in [4.78, 5) is 20.7. The van der Waals surface area contributed by atoms with Gasteiger partial charge in [0, 0.05) is 5.69 Å². The molecule has 1 amide bonds. The normalized spacial score (nSPS) is 12.2. The molecule has 0 fully saturated rings. The molecule has 0 radical (unpaired) electrons. The molecule has 0 heterocycles. The van der Waals surface area contributed by atoms with Gasteiger partial charge in [0.05, 0.1) is 0 Å². The molecule has 5 nitrogen and oxygen atoms in total. The van der Waals surface area contributed by atoms with E-state index in [1.807, 2.05) is 0 Å². The maximum Gasteiger partial charge on any atom is 0.320 e. The van der Waals surface area contributed by atoms with Gasteiger partial charge in [-0.1, -0.05) is 35.3 Å². The first-order chi connectivity index (χ1) is 8.40. The SMILES string of the molecule is NC(Cc1cccc(NC(=O)C(Cl)Cl)c1)C(=O)O. The summed E-state index contributed by atoms with van der Waals surface area (Å²) in [6.45, 7) is 0. The lowest BCUT2D eigenvalue weighted by molar-refractivity contribution is -0.138. The highest BCUT2D eigenvalue weighted by atomic mass is 35.5. The smallest absolute Gasteiger partial charge is 0.320 e. The zero-order valence-corrected chi connectivity index (χ0v) is 10.8. The number of benzene rings is 1. The van der Waals surface area contributed by atoms with Crippen molar-refractivity contribution in [1.82, 2.24) is 0 Å². The fourth-order valence-corrected chi connectivity index (χ4v) is 1.42. The Bertz CT molecular complexity index is 452. The van der Waals surface area contributed by atoms with E-state index >= 15 is 0 Å². The second kappa shape index (κ2) is 6.58.